The van der Waals surface area contributed by atoms with E-state index >= 15 is 0 Å². The third-order valence-electron chi connectivity index (χ3n) is 5.43. The van der Waals surface area contributed by atoms with Crippen molar-refractivity contribution in [2.75, 3.05) is 0 Å². The van der Waals surface area contributed by atoms with Gasteiger partial charge in [0.15, 0.2) is 5.69 Å². The van der Waals surface area contributed by atoms with Crippen molar-refractivity contribution >= 4 is 27.3 Å². The largest absolute Gasteiger partial charge is 0.351 e. The number of imidazole rings is 1. The second-order valence-electron chi connectivity index (χ2n) is 7.07. The van der Waals surface area contributed by atoms with E-state index in [9.17, 15) is 0 Å². The van der Waals surface area contributed by atoms with Crippen LogP contribution in [0, 0.1) is 0 Å². The zero-order valence-corrected chi connectivity index (χ0v) is 15.2. The summed E-state index contributed by atoms with van der Waals surface area (Å²) in [6.45, 7) is 0. The van der Waals surface area contributed by atoms with Crippen LogP contribution in [0.25, 0.3) is 44.3 Å². The van der Waals surface area contributed by atoms with Gasteiger partial charge in [-0.15, -0.1) is 0 Å². The van der Waals surface area contributed by atoms with E-state index < -0.39 is 0 Å². The van der Waals surface area contributed by atoms with E-state index in [4.69, 9.17) is 0 Å². The van der Waals surface area contributed by atoms with Crippen LogP contribution in [-0.2, 0) is 0 Å². The summed E-state index contributed by atoms with van der Waals surface area (Å²) in [7, 11) is 0. The number of rotatable bonds is 2. The number of hydrogen-bond acceptors (Lipinski definition) is 0. The Morgan fingerprint density at radius 2 is 1.39 bits per heavy atom. The second-order valence-corrected chi connectivity index (χ2v) is 7.07. The lowest BCUT2D eigenvalue weighted by Crippen LogP contribution is -2.17. The van der Waals surface area contributed by atoms with Gasteiger partial charge in [0, 0.05) is 21.9 Å². The van der Waals surface area contributed by atoms with Crippen LogP contribution in [0.15, 0.2) is 104 Å². The first-order valence-electron chi connectivity index (χ1n) is 9.47. The summed E-state index contributed by atoms with van der Waals surface area (Å²) in [6.07, 6.45) is 4.32. The summed E-state index contributed by atoms with van der Waals surface area (Å²) in [5.74, 6) is 0. The molecule has 3 nitrogen and oxygen atoms in total. The lowest BCUT2D eigenvalue weighted by molar-refractivity contribution is -0.510. The van der Waals surface area contributed by atoms with Gasteiger partial charge in [-0.25, -0.2) is 0 Å². The van der Waals surface area contributed by atoms with Crippen LogP contribution in [0.2, 0.25) is 0 Å². The quantitative estimate of drug-likeness (QED) is 0.394. The van der Waals surface area contributed by atoms with Crippen molar-refractivity contribution in [3.8, 4) is 16.9 Å². The first kappa shape index (κ1) is 15.2. The number of benzene rings is 3. The summed E-state index contributed by atoms with van der Waals surface area (Å²) in [5, 5.41) is 2.50. The first-order chi connectivity index (χ1) is 13.9. The van der Waals surface area contributed by atoms with Gasteiger partial charge in [0.25, 0.3) is 6.33 Å². The highest BCUT2D eigenvalue weighted by Gasteiger charge is 2.24. The lowest BCUT2D eigenvalue weighted by Gasteiger charge is -2.02. The summed E-state index contributed by atoms with van der Waals surface area (Å²) < 4.78 is 4.49. The molecule has 3 aromatic carbocycles. The van der Waals surface area contributed by atoms with Gasteiger partial charge in [0.1, 0.15) is 5.69 Å². The SMILES string of the molecule is c1ccc(-c2c3c4[nH]c5ccccc5c4cc[n+]3cn2-c2ccccc2)cc1. The van der Waals surface area contributed by atoms with Gasteiger partial charge in [-0.3, -0.25) is 0 Å². The highest BCUT2D eigenvalue weighted by molar-refractivity contribution is 6.13. The number of aromatic nitrogens is 3. The predicted octanol–water partition coefficient (Wildman–Crippen LogP) is 5.52. The van der Waals surface area contributed by atoms with Crippen molar-refractivity contribution in [3.63, 3.8) is 0 Å². The lowest BCUT2D eigenvalue weighted by atomic mass is 10.1. The Balaban J connectivity index is 1.81. The fourth-order valence-electron chi connectivity index (χ4n) is 4.17. The third kappa shape index (κ3) is 2.13. The normalized spacial score (nSPS) is 11.6. The number of H-pyrrole nitrogens is 1. The molecule has 3 heteroatoms. The average Bonchev–Trinajstić information content (AvgIpc) is 3.33. The maximum Gasteiger partial charge on any atom is 0.254 e. The van der Waals surface area contributed by atoms with Gasteiger partial charge in [-0.1, -0.05) is 66.7 Å². The number of pyridine rings is 1. The minimum absolute atomic E-state index is 1.15. The number of nitrogens with one attached hydrogen (secondary N) is 1. The maximum absolute atomic E-state index is 3.66. The van der Waals surface area contributed by atoms with Crippen molar-refractivity contribution in [1.82, 2.24) is 9.55 Å². The molecular weight excluding hydrogens is 342 g/mol. The third-order valence-corrected chi connectivity index (χ3v) is 5.43. The number of para-hydroxylation sites is 2. The van der Waals surface area contributed by atoms with Crippen LogP contribution in [0.1, 0.15) is 0 Å². The van der Waals surface area contributed by atoms with Gasteiger partial charge in [-0.05, 0) is 24.3 Å². The van der Waals surface area contributed by atoms with Crippen LogP contribution in [0.3, 0.4) is 0 Å². The molecular formula is C25H18N3+. The molecule has 0 spiro atoms. The van der Waals surface area contributed by atoms with Crippen LogP contribution < -0.4 is 4.40 Å². The molecule has 6 rings (SSSR count). The highest BCUT2D eigenvalue weighted by Crippen LogP contribution is 2.33. The molecule has 0 aliphatic heterocycles. The molecule has 0 saturated heterocycles. The van der Waals surface area contributed by atoms with Crippen molar-refractivity contribution in [2.45, 2.75) is 0 Å². The Kier molecular flexibility index (Phi) is 3.17. The molecule has 3 aromatic heterocycles. The summed E-state index contributed by atoms with van der Waals surface area (Å²) >= 11 is 0. The Labute approximate surface area is 162 Å². The second kappa shape index (κ2) is 5.83. The molecule has 0 atom stereocenters. The molecule has 3 heterocycles. The Morgan fingerprint density at radius 1 is 0.679 bits per heavy atom. The van der Waals surface area contributed by atoms with Gasteiger partial charge in [0.2, 0.25) is 5.52 Å². The van der Waals surface area contributed by atoms with Crippen LogP contribution in [0.4, 0.5) is 0 Å². The molecule has 0 bridgehead atoms. The fourth-order valence-corrected chi connectivity index (χ4v) is 4.17. The molecule has 0 radical (unpaired) electrons. The molecule has 132 valence electrons. The van der Waals surface area contributed by atoms with Gasteiger partial charge >= 0.3 is 0 Å². The fraction of sp³-hybridized carbons (Fsp3) is 0. The van der Waals surface area contributed by atoms with Crippen molar-refractivity contribution in [1.29, 1.82) is 0 Å². The van der Waals surface area contributed by atoms with Gasteiger partial charge < -0.3 is 4.98 Å². The van der Waals surface area contributed by atoms with Crippen LogP contribution in [-0.4, -0.2) is 9.55 Å². The zero-order valence-electron chi connectivity index (χ0n) is 15.2. The Bertz CT molecular complexity index is 1440. The van der Waals surface area contributed by atoms with E-state index in [2.05, 4.69) is 117 Å². The number of nitrogens with zero attached hydrogens (tertiary/aromatic N) is 2. The van der Waals surface area contributed by atoms with E-state index in [-0.39, 0.29) is 0 Å². The van der Waals surface area contributed by atoms with Crippen molar-refractivity contribution in [2.24, 2.45) is 0 Å². The smallest absolute Gasteiger partial charge is 0.254 e. The van der Waals surface area contributed by atoms with E-state index in [1.165, 1.54) is 27.5 Å². The van der Waals surface area contributed by atoms with Gasteiger partial charge in [0.05, 0.1) is 11.7 Å². The van der Waals surface area contributed by atoms with Crippen molar-refractivity contribution < 1.29 is 4.40 Å². The molecule has 0 aliphatic carbocycles. The van der Waals surface area contributed by atoms with Gasteiger partial charge in [-0.2, -0.15) is 8.97 Å². The number of aromatic amines is 1. The Hall–Kier alpha value is -3.85. The minimum atomic E-state index is 1.15. The summed E-state index contributed by atoms with van der Waals surface area (Å²) in [6, 6.07) is 31.8. The number of fused-ring (bicyclic) bond motifs is 5. The van der Waals surface area contributed by atoms with Crippen LogP contribution in [0.5, 0.6) is 0 Å². The highest BCUT2D eigenvalue weighted by atomic mass is 15.1. The monoisotopic (exact) mass is 360 g/mol. The predicted molar refractivity (Wildman–Crippen MR) is 114 cm³/mol. The molecule has 0 aliphatic rings. The molecule has 0 amide bonds. The topological polar surface area (TPSA) is 24.8 Å². The molecule has 0 fully saturated rings. The zero-order chi connectivity index (χ0) is 18.5. The molecule has 6 aromatic rings. The van der Waals surface area contributed by atoms with E-state index in [0.29, 0.717) is 0 Å². The van der Waals surface area contributed by atoms with Crippen LogP contribution >= 0.6 is 0 Å². The maximum atomic E-state index is 3.66. The summed E-state index contributed by atoms with van der Waals surface area (Å²) in [5.41, 5.74) is 7.04. The first-order valence-corrected chi connectivity index (χ1v) is 9.47. The van der Waals surface area contributed by atoms with Crippen molar-refractivity contribution in [3.05, 3.63) is 104 Å². The summed E-state index contributed by atoms with van der Waals surface area (Å²) in [4.78, 5) is 3.66. The van der Waals surface area contributed by atoms with E-state index in [1.807, 2.05) is 0 Å². The molecule has 0 saturated carbocycles. The standard InChI is InChI=1S/C25H18N3/c1-3-9-18(10-4-1)24-25-23-21(20-13-7-8-14-22(20)26-23)15-16-27(25)17-28(24)19-11-5-2-6-12-19/h1-17,26H/q+1. The number of hydrogen-bond donors (Lipinski definition) is 1. The molecule has 28 heavy (non-hydrogen) atoms. The average molecular weight is 360 g/mol. The molecule has 1 N–H and O–H groups in total. The Morgan fingerprint density at radius 3 is 2.21 bits per heavy atom. The van der Waals surface area contributed by atoms with E-state index in [0.717, 1.165) is 16.7 Å². The van der Waals surface area contributed by atoms with E-state index in [1.54, 1.807) is 0 Å². The minimum Gasteiger partial charge on any atom is -0.351 e. The molecule has 0 unspecified atom stereocenters.